The summed E-state index contributed by atoms with van der Waals surface area (Å²) in [6, 6.07) is 7.64. The van der Waals surface area contributed by atoms with Crippen molar-refractivity contribution in [2.45, 2.75) is 23.7 Å². The number of amides is 1. The molecule has 1 aliphatic rings. The number of rotatable bonds is 6. The third-order valence-corrected chi connectivity index (χ3v) is 6.22. The number of nitrogens with one attached hydrogen (secondary N) is 1. The highest BCUT2D eigenvalue weighted by molar-refractivity contribution is 7.83. The van der Waals surface area contributed by atoms with E-state index >= 15 is 0 Å². The Morgan fingerprint density at radius 3 is 2.73 bits per heavy atom. The van der Waals surface area contributed by atoms with E-state index in [0.717, 1.165) is 31.0 Å². The normalized spacial score (nSPS) is 14.4. The van der Waals surface area contributed by atoms with Crippen LogP contribution in [0, 0.1) is 11.6 Å². The first-order valence-corrected chi connectivity index (χ1v) is 10.5. The Labute approximate surface area is 178 Å². The molecule has 1 atom stereocenters. The highest BCUT2D eigenvalue weighted by Crippen LogP contribution is 2.42. The van der Waals surface area contributed by atoms with Crippen LogP contribution >= 0.6 is 11.6 Å². The molecular formula is C20H16ClF2N3O3S. The first kappa shape index (κ1) is 20.5. The summed E-state index contributed by atoms with van der Waals surface area (Å²) in [5.41, 5.74) is 0.416. The lowest BCUT2D eigenvalue weighted by Crippen LogP contribution is -2.27. The largest absolute Gasteiger partial charge is 0.497 e. The first-order chi connectivity index (χ1) is 14.4. The molecular weight excluding hydrogens is 436 g/mol. The second-order valence-electron chi connectivity index (χ2n) is 6.71. The molecule has 1 fully saturated rings. The fourth-order valence-electron chi connectivity index (χ4n) is 3.08. The number of halogens is 3. The number of nitrogens with zero attached hydrogens (tertiary/aromatic N) is 2. The van der Waals surface area contributed by atoms with Gasteiger partial charge < -0.3 is 4.74 Å². The lowest BCUT2D eigenvalue weighted by atomic mass is 10.2. The van der Waals surface area contributed by atoms with Gasteiger partial charge in [-0.3, -0.25) is 14.1 Å². The van der Waals surface area contributed by atoms with Crippen LogP contribution in [0.3, 0.4) is 0 Å². The predicted molar refractivity (Wildman–Crippen MR) is 107 cm³/mol. The quantitative estimate of drug-likeness (QED) is 0.611. The van der Waals surface area contributed by atoms with Gasteiger partial charge in [0.05, 0.1) is 28.4 Å². The van der Waals surface area contributed by atoms with Gasteiger partial charge in [0.2, 0.25) is 0 Å². The standard InChI is InChI=1S/C20H16ClF2N3O3S/c1-29-13-5-6-14(21)17(9-13)30(28)25-20(27)18-19(11-2-3-11)26(10-24-18)16-8-12(22)4-7-15(16)23/h4-11H,2-3H2,1H3,(H,25,27). The zero-order chi connectivity index (χ0) is 21.4. The summed E-state index contributed by atoms with van der Waals surface area (Å²) < 4.78 is 49.5. The molecule has 1 aliphatic carbocycles. The summed E-state index contributed by atoms with van der Waals surface area (Å²) in [6.45, 7) is 0. The van der Waals surface area contributed by atoms with E-state index in [1.807, 2.05) is 0 Å². The first-order valence-electron chi connectivity index (χ1n) is 8.98. The molecule has 6 nitrogen and oxygen atoms in total. The number of hydrogen-bond acceptors (Lipinski definition) is 4. The van der Waals surface area contributed by atoms with Crippen LogP contribution in [-0.4, -0.2) is 26.8 Å². The summed E-state index contributed by atoms with van der Waals surface area (Å²) in [5.74, 6) is -1.55. The summed E-state index contributed by atoms with van der Waals surface area (Å²) in [5, 5.41) is 0.198. The van der Waals surface area contributed by atoms with Gasteiger partial charge in [0.25, 0.3) is 5.91 Å². The van der Waals surface area contributed by atoms with Crippen molar-refractivity contribution in [3.8, 4) is 11.4 Å². The molecule has 1 amide bonds. The molecule has 30 heavy (non-hydrogen) atoms. The maximum absolute atomic E-state index is 14.3. The molecule has 1 saturated carbocycles. The molecule has 0 aliphatic heterocycles. The molecule has 0 radical (unpaired) electrons. The molecule has 1 aromatic heterocycles. The summed E-state index contributed by atoms with van der Waals surface area (Å²) in [7, 11) is -0.524. The molecule has 0 bridgehead atoms. The maximum Gasteiger partial charge on any atom is 0.283 e. The highest BCUT2D eigenvalue weighted by Gasteiger charge is 2.34. The monoisotopic (exact) mass is 451 g/mol. The molecule has 10 heteroatoms. The number of carbonyl (C=O) groups is 1. The van der Waals surface area contributed by atoms with Crippen molar-refractivity contribution >= 4 is 28.5 Å². The van der Waals surface area contributed by atoms with Crippen LogP contribution in [0.4, 0.5) is 8.78 Å². The van der Waals surface area contributed by atoms with Gasteiger partial charge >= 0.3 is 0 Å². The van der Waals surface area contributed by atoms with E-state index in [4.69, 9.17) is 16.3 Å². The Morgan fingerprint density at radius 1 is 1.27 bits per heavy atom. The number of carbonyl (C=O) groups excluding carboxylic acids is 1. The zero-order valence-electron chi connectivity index (χ0n) is 15.7. The van der Waals surface area contributed by atoms with E-state index in [0.29, 0.717) is 11.4 Å². The van der Waals surface area contributed by atoms with Crippen molar-refractivity contribution in [1.82, 2.24) is 14.3 Å². The van der Waals surface area contributed by atoms with Crippen molar-refractivity contribution in [3.63, 3.8) is 0 Å². The minimum atomic E-state index is -1.98. The average molecular weight is 452 g/mol. The number of ether oxygens (including phenoxy) is 1. The Kier molecular flexibility index (Phi) is 5.57. The SMILES string of the molecule is COc1ccc(Cl)c(S(=O)NC(=O)c2ncn(-c3cc(F)ccc3F)c2C2CC2)c1. The highest BCUT2D eigenvalue weighted by atomic mass is 35.5. The summed E-state index contributed by atoms with van der Waals surface area (Å²) in [6.07, 6.45) is 2.84. The van der Waals surface area contributed by atoms with Crippen LogP contribution in [0.5, 0.6) is 5.75 Å². The lowest BCUT2D eigenvalue weighted by molar-refractivity contribution is 0.0977. The van der Waals surface area contributed by atoms with E-state index < -0.39 is 28.5 Å². The number of hydrogen-bond donors (Lipinski definition) is 1. The van der Waals surface area contributed by atoms with Gasteiger partial charge in [-0.15, -0.1) is 0 Å². The van der Waals surface area contributed by atoms with E-state index in [1.165, 1.54) is 30.1 Å². The second-order valence-corrected chi connectivity index (χ2v) is 8.30. The Hall–Kier alpha value is -2.78. The van der Waals surface area contributed by atoms with Gasteiger partial charge in [-0.05, 0) is 43.2 Å². The Morgan fingerprint density at radius 2 is 2.03 bits per heavy atom. The van der Waals surface area contributed by atoms with Crippen LogP contribution in [0.15, 0.2) is 47.6 Å². The van der Waals surface area contributed by atoms with Crippen molar-refractivity contribution in [2.24, 2.45) is 0 Å². The average Bonchev–Trinajstić information content (AvgIpc) is 3.47. The number of benzene rings is 2. The van der Waals surface area contributed by atoms with Crippen molar-refractivity contribution in [2.75, 3.05) is 7.11 Å². The van der Waals surface area contributed by atoms with Crippen LogP contribution in [0.1, 0.15) is 34.9 Å². The van der Waals surface area contributed by atoms with E-state index in [1.54, 1.807) is 6.07 Å². The molecule has 156 valence electrons. The molecule has 0 saturated heterocycles. The molecule has 1 unspecified atom stereocenters. The molecule has 4 rings (SSSR count). The Bertz CT molecular complexity index is 1160. The van der Waals surface area contributed by atoms with Gasteiger partial charge in [0, 0.05) is 12.0 Å². The predicted octanol–water partition coefficient (Wildman–Crippen LogP) is 4.14. The fraction of sp³-hybridized carbons (Fsp3) is 0.200. The van der Waals surface area contributed by atoms with Gasteiger partial charge in [-0.25, -0.2) is 18.0 Å². The fourth-order valence-corrected chi connectivity index (χ4v) is 4.25. The molecule has 3 aromatic rings. The number of aromatic nitrogens is 2. The summed E-state index contributed by atoms with van der Waals surface area (Å²) in [4.78, 5) is 17.1. The van der Waals surface area contributed by atoms with Gasteiger partial charge in [-0.1, -0.05) is 11.6 Å². The van der Waals surface area contributed by atoms with E-state index in [-0.39, 0.29) is 27.2 Å². The Balaban J connectivity index is 1.66. The molecule has 1 N–H and O–H groups in total. The summed E-state index contributed by atoms with van der Waals surface area (Å²) >= 11 is 6.09. The maximum atomic E-state index is 14.3. The lowest BCUT2D eigenvalue weighted by Gasteiger charge is -2.11. The number of imidazole rings is 1. The third-order valence-electron chi connectivity index (χ3n) is 4.67. The van der Waals surface area contributed by atoms with Crippen molar-refractivity contribution in [1.29, 1.82) is 0 Å². The van der Waals surface area contributed by atoms with Gasteiger partial charge in [-0.2, -0.15) is 0 Å². The van der Waals surface area contributed by atoms with Crippen LogP contribution in [-0.2, 0) is 11.0 Å². The van der Waals surface area contributed by atoms with Crippen LogP contribution in [0.2, 0.25) is 5.02 Å². The smallest absolute Gasteiger partial charge is 0.283 e. The number of methoxy groups -OCH3 is 1. The zero-order valence-corrected chi connectivity index (χ0v) is 17.3. The van der Waals surface area contributed by atoms with Crippen LogP contribution in [0.25, 0.3) is 5.69 Å². The van der Waals surface area contributed by atoms with Crippen molar-refractivity contribution in [3.05, 3.63) is 70.8 Å². The molecule has 2 aromatic carbocycles. The van der Waals surface area contributed by atoms with Gasteiger partial charge in [0.1, 0.15) is 23.7 Å². The van der Waals surface area contributed by atoms with E-state index in [2.05, 4.69) is 9.71 Å². The molecule has 0 spiro atoms. The van der Waals surface area contributed by atoms with Gasteiger partial charge in [0.15, 0.2) is 16.7 Å². The van der Waals surface area contributed by atoms with Crippen LogP contribution < -0.4 is 9.46 Å². The topological polar surface area (TPSA) is 73.2 Å². The minimum Gasteiger partial charge on any atom is -0.497 e. The van der Waals surface area contributed by atoms with E-state index in [9.17, 15) is 17.8 Å². The minimum absolute atomic E-state index is 0.00790. The third kappa shape index (κ3) is 3.95. The molecule has 1 heterocycles. The van der Waals surface area contributed by atoms with Crippen molar-refractivity contribution < 1.29 is 22.5 Å². The second kappa shape index (κ2) is 8.16.